The van der Waals surface area contributed by atoms with Crippen LogP contribution in [0.2, 0.25) is 0 Å². The lowest BCUT2D eigenvalue weighted by Crippen LogP contribution is -2.47. The first-order chi connectivity index (χ1) is 7.63. The Balaban J connectivity index is 0.00000256. The van der Waals surface area contributed by atoms with E-state index in [1.54, 1.807) is 0 Å². The molecule has 0 aliphatic heterocycles. The minimum absolute atomic E-state index is 0. The summed E-state index contributed by atoms with van der Waals surface area (Å²) in [4.78, 5) is 0. The van der Waals surface area contributed by atoms with Crippen LogP contribution in [-0.4, -0.2) is 29.0 Å². The van der Waals surface area contributed by atoms with Gasteiger partial charge in [0.1, 0.15) is 0 Å². The second kappa shape index (κ2) is 7.43. The third kappa shape index (κ3) is 4.86. The van der Waals surface area contributed by atoms with Gasteiger partial charge in [0.05, 0.1) is 18.8 Å². The van der Waals surface area contributed by atoms with Gasteiger partial charge >= 0.3 is 0 Å². The molecule has 0 saturated carbocycles. The van der Waals surface area contributed by atoms with Crippen LogP contribution in [0.15, 0.2) is 24.3 Å². The van der Waals surface area contributed by atoms with Crippen LogP contribution < -0.4 is 5.73 Å². The Bertz CT molecular complexity index is 305. The van der Waals surface area contributed by atoms with E-state index in [9.17, 15) is 0 Å². The predicted octanol–water partition coefficient (Wildman–Crippen LogP) is 1.50. The van der Waals surface area contributed by atoms with Crippen molar-refractivity contribution in [3.05, 3.63) is 35.4 Å². The molecule has 0 aliphatic carbocycles. The molecule has 0 heterocycles. The van der Waals surface area contributed by atoms with Gasteiger partial charge in [-0.15, -0.1) is 0 Å². The first kappa shape index (κ1) is 16.1. The van der Waals surface area contributed by atoms with Gasteiger partial charge in [-0.2, -0.15) is 0 Å². The van der Waals surface area contributed by atoms with E-state index in [0.717, 1.165) is 12.8 Å². The van der Waals surface area contributed by atoms with E-state index in [2.05, 4.69) is 31.2 Å². The van der Waals surface area contributed by atoms with Crippen molar-refractivity contribution in [2.24, 2.45) is 5.73 Å². The fourth-order valence-corrected chi connectivity index (χ4v) is 1.54. The second-order valence-electron chi connectivity index (χ2n) is 4.35. The molecule has 3 heteroatoms. The fourth-order valence-electron chi connectivity index (χ4n) is 1.54. The van der Waals surface area contributed by atoms with Crippen LogP contribution in [0.3, 0.4) is 0 Å². The number of hydrogen-bond acceptors (Lipinski definition) is 3. The van der Waals surface area contributed by atoms with E-state index in [4.69, 9.17) is 15.9 Å². The number of benzene rings is 1. The molecule has 1 aromatic rings. The van der Waals surface area contributed by atoms with Gasteiger partial charge in [-0.05, 0) is 30.4 Å². The summed E-state index contributed by atoms with van der Waals surface area (Å²) in [7, 11) is 0. The molecule has 0 unspecified atom stereocenters. The maximum Gasteiger partial charge on any atom is 0.0633 e. The van der Waals surface area contributed by atoms with Crippen molar-refractivity contribution in [2.45, 2.75) is 39.2 Å². The average Bonchev–Trinajstić information content (AvgIpc) is 2.36. The van der Waals surface area contributed by atoms with Crippen molar-refractivity contribution in [2.75, 3.05) is 13.2 Å². The van der Waals surface area contributed by atoms with Crippen LogP contribution in [0.25, 0.3) is 0 Å². The molecular formula is C14H25NO2. The third-order valence-electron chi connectivity index (χ3n) is 2.97. The Hall–Kier alpha value is -0.900. The zero-order valence-corrected chi connectivity index (χ0v) is 9.82. The standard InChI is InChI=1S/C13H21NO2.CH4/c1-2-11-3-5-12(6-4-11)7-8-13(14,9-15)10-16;/h3-6,15-16H,2,7-10,14H2,1H3;1H4. The van der Waals surface area contributed by atoms with Gasteiger partial charge < -0.3 is 15.9 Å². The second-order valence-corrected chi connectivity index (χ2v) is 4.35. The highest BCUT2D eigenvalue weighted by molar-refractivity contribution is 5.22. The molecule has 0 amide bonds. The van der Waals surface area contributed by atoms with Crippen molar-refractivity contribution in [1.29, 1.82) is 0 Å². The summed E-state index contributed by atoms with van der Waals surface area (Å²) >= 11 is 0. The quantitative estimate of drug-likeness (QED) is 0.705. The molecular weight excluding hydrogens is 214 g/mol. The Labute approximate surface area is 104 Å². The highest BCUT2D eigenvalue weighted by Crippen LogP contribution is 2.12. The van der Waals surface area contributed by atoms with Gasteiger partial charge in [0.15, 0.2) is 0 Å². The van der Waals surface area contributed by atoms with Crippen LogP contribution in [0.1, 0.15) is 31.9 Å². The summed E-state index contributed by atoms with van der Waals surface area (Å²) in [5, 5.41) is 18.1. The van der Waals surface area contributed by atoms with Crippen molar-refractivity contribution < 1.29 is 10.2 Å². The van der Waals surface area contributed by atoms with Crippen molar-refractivity contribution in [3.8, 4) is 0 Å². The van der Waals surface area contributed by atoms with Crippen LogP contribution in [0.4, 0.5) is 0 Å². The molecule has 0 saturated heterocycles. The van der Waals surface area contributed by atoms with Gasteiger partial charge in [0.2, 0.25) is 0 Å². The van der Waals surface area contributed by atoms with E-state index < -0.39 is 5.54 Å². The average molecular weight is 239 g/mol. The van der Waals surface area contributed by atoms with E-state index in [1.165, 1.54) is 11.1 Å². The lowest BCUT2D eigenvalue weighted by molar-refractivity contribution is 0.115. The van der Waals surface area contributed by atoms with Gasteiger partial charge in [-0.25, -0.2) is 0 Å². The number of nitrogens with two attached hydrogens (primary N) is 1. The van der Waals surface area contributed by atoms with Gasteiger partial charge in [0, 0.05) is 0 Å². The molecule has 4 N–H and O–H groups in total. The topological polar surface area (TPSA) is 66.5 Å². The van der Waals surface area contributed by atoms with E-state index in [-0.39, 0.29) is 20.6 Å². The normalized spacial score (nSPS) is 11.1. The molecule has 3 nitrogen and oxygen atoms in total. The summed E-state index contributed by atoms with van der Waals surface area (Å²) in [6.07, 6.45) is 2.40. The summed E-state index contributed by atoms with van der Waals surface area (Å²) in [5.41, 5.74) is 7.44. The van der Waals surface area contributed by atoms with E-state index in [0.29, 0.717) is 6.42 Å². The maximum absolute atomic E-state index is 9.06. The first-order valence-corrected chi connectivity index (χ1v) is 5.72. The maximum atomic E-state index is 9.06. The molecule has 0 atom stereocenters. The SMILES string of the molecule is C.CCc1ccc(CCC(N)(CO)CO)cc1. The summed E-state index contributed by atoms with van der Waals surface area (Å²) in [6, 6.07) is 8.36. The zero-order chi connectivity index (χ0) is 12.0. The van der Waals surface area contributed by atoms with Crippen LogP contribution in [0, 0.1) is 0 Å². The monoisotopic (exact) mass is 239 g/mol. The minimum atomic E-state index is -0.858. The molecule has 0 fully saturated rings. The molecule has 0 radical (unpaired) electrons. The number of aliphatic hydroxyl groups is 2. The number of aryl methyl sites for hydroxylation is 2. The van der Waals surface area contributed by atoms with Crippen molar-refractivity contribution in [1.82, 2.24) is 0 Å². The Kier molecular flexibility index (Phi) is 7.04. The Morgan fingerprint density at radius 2 is 1.53 bits per heavy atom. The zero-order valence-electron chi connectivity index (χ0n) is 9.82. The summed E-state index contributed by atoms with van der Waals surface area (Å²) < 4.78 is 0. The molecule has 0 bridgehead atoms. The van der Waals surface area contributed by atoms with Gasteiger partial charge in [-0.1, -0.05) is 38.6 Å². The molecule has 1 rings (SSSR count). The minimum Gasteiger partial charge on any atom is -0.394 e. The Morgan fingerprint density at radius 1 is 1.06 bits per heavy atom. The largest absolute Gasteiger partial charge is 0.394 e. The highest BCUT2D eigenvalue weighted by Gasteiger charge is 2.22. The number of aliphatic hydroxyl groups excluding tert-OH is 2. The molecule has 0 spiro atoms. The van der Waals surface area contributed by atoms with Crippen molar-refractivity contribution >= 4 is 0 Å². The van der Waals surface area contributed by atoms with Crippen LogP contribution in [-0.2, 0) is 12.8 Å². The molecule has 0 aliphatic rings. The van der Waals surface area contributed by atoms with Crippen molar-refractivity contribution in [3.63, 3.8) is 0 Å². The Morgan fingerprint density at radius 3 is 1.94 bits per heavy atom. The fraction of sp³-hybridized carbons (Fsp3) is 0.571. The highest BCUT2D eigenvalue weighted by atomic mass is 16.3. The smallest absolute Gasteiger partial charge is 0.0633 e. The molecule has 17 heavy (non-hydrogen) atoms. The lowest BCUT2D eigenvalue weighted by atomic mass is 9.93. The summed E-state index contributed by atoms with van der Waals surface area (Å²) in [6.45, 7) is 1.75. The number of rotatable bonds is 6. The molecule has 98 valence electrons. The van der Waals surface area contributed by atoms with Gasteiger partial charge in [0.25, 0.3) is 0 Å². The van der Waals surface area contributed by atoms with Crippen LogP contribution in [0.5, 0.6) is 0 Å². The van der Waals surface area contributed by atoms with E-state index >= 15 is 0 Å². The molecule has 0 aromatic heterocycles. The summed E-state index contributed by atoms with van der Waals surface area (Å²) in [5.74, 6) is 0. The van der Waals surface area contributed by atoms with E-state index in [1.807, 2.05) is 0 Å². The number of hydrogen-bond donors (Lipinski definition) is 3. The van der Waals surface area contributed by atoms with Gasteiger partial charge in [-0.3, -0.25) is 0 Å². The first-order valence-electron chi connectivity index (χ1n) is 5.72. The molecule has 1 aromatic carbocycles. The predicted molar refractivity (Wildman–Crippen MR) is 72.0 cm³/mol. The van der Waals surface area contributed by atoms with Crippen LogP contribution >= 0.6 is 0 Å². The lowest BCUT2D eigenvalue weighted by Gasteiger charge is -2.24. The third-order valence-corrected chi connectivity index (χ3v) is 2.97.